The summed E-state index contributed by atoms with van der Waals surface area (Å²) in [7, 11) is 0. The van der Waals surface area contributed by atoms with Crippen molar-refractivity contribution in [3.05, 3.63) is 46.9 Å². The van der Waals surface area contributed by atoms with Gasteiger partial charge in [-0.15, -0.1) is 0 Å². The van der Waals surface area contributed by atoms with Gasteiger partial charge in [0.15, 0.2) is 5.82 Å². The number of nitrogens with zero attached hydrogens (tertiary/aromatic N) is 6. The number of carbonyl (C=O) groups is 1. The number of hydrogen-bond acceptors (Lipinski definition) is 4. The maximum atomic E-state index is 13.4. The fraction of sp³-hybridized carbons (Fsp3) is 0.474. The summed E-state index contributed by atoms with van der Waals surface area (Å²) in [5.74, 6) is 2.37. The maximum Gasteiger partial charge on any atom is 0.273 e. The first-order chi connectivity index (χ1) is 12.5. The van der Waals surface area contributed by atoms with E-state index in [0.29, 0.717) is 24.7 Å². The van der Waals surface area contributed by atoms with E-state index >= 15 is 0 Å². The van der Waals surface area contributed by atoms with Crippen molar-refractivity contribution < 1.29 is 4.79 Å². The molecular formula is C19H22N6O. The normalized spacial score (nSPS) is 19.8. The van der Waals surface area contributed by atoms with Gasteiger partial charge < -0.3 is 4.90 Å². The average Bonchev–Trinajstić information content (AvgIpc) is 3.27. The fourth-order valence-corrected chi connectivity index (χ4v) is 3.83. The Morgan fingerprint density at radius 1 is 1.19 bits per heavy atom. The van der Waals surface area contributed by atoms with E-state index < -0.39 is 0 Å². The zero-order chi connectivity index (χ0) is 18.0. The molecule has 0 radical (unpaired) electrons. The largest absolute Gasteiger partial charge is 0.325 e. The molecule has 0 unspecified atom stereocenters. The summed E-state index contributed by atoms with van der Waals surface area (Å²) in [6.45, 7) is 7.30. The summed E-state index contributed by atoms with van der Waals surface area (Å²) in [6, 6.07) is 3.91. The minimum Gasteiger partial charge on any atom is -0.325 e. The molecule has 5 rings (SSSR count). The van der Waals surface area contributed by atoms with Gasteiger partial charge in [0.1, 0.15) is 17.2 Å². The van der Waals surface area contributed by atoms with Crippen LogP contribution >= 0.6 is 0 Å². The van der Waals surface area contributed by atoms with Gasteiger partial charge in [0, 0.05) is 18.7 Å². The molecule has 0 bridgehead atoms. The lowest BCUT2D eigenvalue weighted by Crippen LogP contribution is -2.42. The third-order valence-electron chi connectivity index (χ3n) is 5.47. The molecular weight excluding hydrogens is 328 g/mol. The number of pyridine rings is 1. The van der Waals surface area contributed by atoms with E-state index in [2.05, 4.69) is 10.1 Å². The molecule has 2 aliphatic rings. The maximum absolute atomic E-state index is 13.4. The molecule has 7 heteroatoms. The Morgan fingerprint density at radius 2 is 2.00 bits per heavy atom. The molecule has 0 spiro atoms. The van der Waals surface area contributed by atoms with Crippen LogP contribution in [0.2, 0.25) is 0 Å². The highest BCUT2D eigenvalue weighted by Crippen LogP contribution is 2.39. The first-order valence-electron chi connectivity index (χ1n) is 9.24. The molecule has 7 nitrogen and oxygen atoms in total. The summed E-state index contributed by atoms with van der Waals surface area (Å²) >= 11 is 0. The Hall–Kier alpha value is -2.70. The van der Waals surface area contributed by atoms with Gasteiger partial charge in [-0.1, -0.05) is 0 Å². The van der Waals surface area contributed by atoms with E-state index in [9.17, 15) is 4.79 Å². The summed E-state index contributed by atoms with van der Waals surface area (Å²) in [5.41, 5.74) is 3.35. The molecule has 1 fully saturated rings. The molecule has 0 aromatic carbocycles. The first kappa shape index (κ1) is 15.5. The lowest BCUT2D eigenvalue weighted by molar-refractivity contribution is 0.0622. The molecule has 1 amide bonds. The second kappa shape index (κ2) is 5.40. The first-order valence-corrected chi connectivity index (χ1v) is 9.24. The van der Waals surface area contributed by atoms with Crippen molar-refractivity contribution in [2.24, 2.45) is 0 Å². The van der Waals surface area contributed by atoms with Crippen LogP contribution in [0, 0.1) is 13.8 Å². The van der Waals surface area contributed by atoms with Crippen molar-refractivity contribution in [1.29, 1.82) is 0 Å². The third kappa shape index (κ3) is 2.26. The Kier molecular flexibility index (Phi) is 3.23. The summed E-state index contributed by atoms with van der Waals surface area (Å²) in [6.07, 6.45) is 4.29. The zero-order valence-electron chi connectivity index (χ0n) is 15.3. The molecule has 4 heterocycles. The Bertz CT molecular complexity index is 1030. The van der Waals surface area contributed by atoms with Crippen LogP contribution in [0.15, 0.2) is 18.3 Å². The molecule has 1 saturated carbocycles. The molecule has 1 atom stereocenters. The lowest BCUT2D eigenvalue weighted by Gasteiger charge is -2.32. The van der Waals surface area contributed by atoms with Crippen molar-refractivity contribution >= 4 is 11.6 Å². The number of carbonyl (C=O) groups excluding carboxylic acids is 1. The van der Waals surface area contributed by atoms with Crippen LogP contribution in [0.25, 0.3) is 5.65 Å². The lowest BCUT2D eigenvalue weighted by atomic mass is 10.2. The van der Waals surface area contributed by atoms with Gasteiger partial charge in [-0.3, -0.25) is 9.20 Å². The van der Waals surface area contributed by atoms with Crippen molar-refractivity contribution in [3.8, 4) is 0 Å². The second-order valence-corrected chi connectivity index (χ2v) is 7.48. The second-order valence-electron chi connectivity index (χ2n) is 7.48. The van der Waals surface area contributed by atoms with Gasteiger partial charge >= 0.3 is 0 Å². The number of amides is 1. The monoisotopic (exact) mass is 350 g/mol. The van der Waals surface area contributed by atoms with Crippen LogP contribution in [0.4, 0.5) is 0 Å². The number of fused-ring (bicyclic) bond motifs is 2. The number of rotatable bonds is 2. The van der Waals surface area contributed by atoms with Crippen molar-refractivity contribution in [3.63, 3.8) is 0 Å². The van der Waals surface area contributed by atoms with E-state index in [0.717, 1.165) is 28.6 Å². The van der Waals surface area contributed by atoms with Crippen LogP contribution in [-0.2, 0) is 6.54 Å². The minimum absolute atomic E-state index is 0.00794. The van der Waals surface area contributed by atoms with E-state index in [-0.39, 0.29) is 11.9 Å². The highest BCUT2D eigenvalue weighted by Gasteiger charge is 2.36. The number of hydrogen-bond donors (Lipinski definition) is 0. The van der Waals surface area contributed by atoms with Gasteiger partial charge in [-0.25, -0.2) is 14.6 Å². The van der Waals surface area contributed by atoms with Crippen LogP contribution in [0.3, 0.4) is 0 Å². The Morgan fingerprint density at radius 3 is 2.77 bits per heavy atom. The highest BCUT2D eigenvalue weighted by atomic mass is 16.2. The molecule has 1 aliphatic heterocycles. The van der Waals surface area contributed by atoms with Crippen LogP contribution in [0.1, 0.15) is 65.1 Å². The third-order valence-corrected chi connectivity index (χ3v) is 5.47. The van der Waals surface area contributed by atoms with Gasteiger partial charge in [0.25, 0.3) is 5.91 Å². The molecule has 3 aromatic heterocycles. The zero-order valence-corrected chi connectivity index (χ0v) is 15.3. The van der Waals surface area contributed by atoms with Crippen molar-refractivity contribution in [2.45, 2.75) is 52.1 Å². The van der Waals surface area contributed by atoms with Gasteiger partial charge in [0.05, 0.1) is 18.3 Å². The van der Waals surface area contributed by atoms with Crippen LogP contribution < -0.4 is 0 Å². The molecule has 0 N–H and O–H groups in total. The molecule has 1 aliphatic carbocycles. The number of aromatic nitrogens is 5. The predicted octanol–water partition coefficient (Wildman–Crippen LogP) is 2.64. The van der Waals surface area contributed by atoms with E-state index in [4.69, 9.17) is 4.98 Å². The van der Waals surface area contributed by atoms with E-state index in [1.807, 2.05) is 53.1 Å². The highest BCUT2D eigenvalue weighted by molar-refractivity contribution is 5.95. The average molecular weight is 350 g/mol. The quantitative estimate of drug-likeness (QED) is 0.712. The minimum atomic E-state index is -0.0911. The van der Waals surface area contributed by atoms with Crippen LogP contribution in [-0.4, -0.2) is 41.5 Å². The summed E-state index contributed by atoms with van der Waals surface area (Å²) in [4.78, 5) is 24.6. The smallest absolute Gasteiger partial charge is 0.273 e. The molecule has 0 saturated heterocycles. The van der Waals surface area contributed by atoms with Gasteiger partial charge in [-0.05, 0) is 51.3 Å². The topological polar surface area (TPSA) is 68.3 Å². The van der Waals surface area contributed by atoms with Gasteiger partial charge in [-0.2, -0.15) is 5.10 Å². The molecule has 3 aromatic rings. The number of imidazole rings is 1. The fourth-order valence-electron chi connectivity index (χ4n) is 3.83. The SMILES string of the molecule is Cc1ccn2c(C(=O)N3CCn4nc(C5CC5)nc4[C@H]3C)c(C)nc2c1. The van der Waals surface area contributed by atoms with E-state index in [1.54, 1.807) is 0 Å². The Balaban J connectivity index is 1.52. The molecule has 26 heavy (non-hydrogen) atoms. The predicted molar refractivity (Wildman–Crippen MR) is 96.1 cm³/mol. The van der Waals surface area contributed by atoms with Gasteiger partial charge in [0.2, 0.25) is 0 Å². The molecule has 134 valence electrons. The van der Waals surface area contributed by atoms with Crippen LogP contribution in [0.5, 0.6) is 0 Å². The standard InChI is InChI=1S/C19H22N6O/c1-11-6-7-24-15(10-11)20-12(2)16(24)19(26)23-8-9-25-18(13(23)3)21-17(22-25)14-4-5-14/h6-7,10,13-14H,4-5,8-9H2,1-3H3/t13-/m1/s1. The van der Waals surface area contributed by atoms with Crippen molar-refractivity contribution in [1.82, 2.24) is 29.0 Å². The van der Waals surface area contributed by atoms with Crippen molar-refractivity contribution in [2.75, 3.05) is 6.54 Å². The number of aryl methyl sites for hydroxylation is 2. The summed E-state index contributed by atoms with van der Waals surface area (Å²) < 4.78 is 3.87. The van der Waals surface area contributed by atoms with E-state index in [1.165, 1.54) is 12.8 Å². The summed E-state index contributed by atoms with van der Waals surface area (Å²) in [5, 5.41) is 4.65. The Labute approximate surface area is 151 Å².